The highest BCUT2D eigenvalue weighted by molar-refractivity contribution is 5.16. The summed E-state index contributed by atoms with van der Waals surface area (Å²) in [6.45, 7) is 4.71. The van der Waals surface area contributed by atoms with Crippen LogP contribution in [0.5, 0.6) is 0 Å². The largest absolute Gasteiger partial charge is 0.296 e. The number of fused-ring (bicyclic) bond motifs is 1. The van der Waals surface area contributed by atoms with Crippen LogP contribution in [0.25, 0.3) is 0 Å². The third-order valence-electron chi connectivity index (χ3n) is 4.56. The average Bonchev–Trinajstić information content (AvgIpc) is 2.41. The first-order valence-corrected chi connectivity index (χ1v) is 7.26. The van der Waals surface area contributed by atoms with Crippen molar-refractivity contribution < 1.29 is 0 Å². The molecule has 0 bridgehead atoms. The Morgan fingerprint density at radius 2 is 2.06 bits per heavy atom. The molecular formula is C17H23N. The topological polar surface area (TPSA) is 3.24 Å². The molecule has 0 unspecified atom stereocenters. The van der Waals surface area contributed by atoms with E-state index in [4.69, 9.17) is 0 Å². The number of rotatable bonds is 2. The molecule has 1 fully saturated rings. The molecule has 1 aliphatic heterocycles. The molecular weight excluding hydrogens is 218 g/mol. The van der Waals surface area contributed by atoms with Crippen LogP contribution in [0.3, 0.4) is 0 Å². The van der Waals surface area contributed by atoms with E-state index in [1.165, 1.54) is 37.8 Å². The van der Waals surface area contributed by atoms with Crippen LogP contribution in [-0.2, 0) is 6.54 Å². The number of benzene rings is 1. The zero-order valence-electron chi connectivity index (χ0n) is 11.3. The van der Waals surface area contributed by atoms with Gasteiger partial charge in [0.25, 0.3) is 0 Å². The molecule has 1 saturated heterocycles. The maximum Gasteiger partial charge on any atom is 0.0236 e. The Balaban J connectivity index is 1.73. The lowest BCUT2D eigenvalue weighted by molar-refractivity contribution is 0.0808. The molecule has 0 amide bonds. The molecule has 1 aliphatic carbocycles. The molecule has 1 heterocycles. The lowest BCUT2D eigenvalue weighted by Crippen LogP contribution is -2.45. The monoisotopic (exact) mass is 241 g/mol. The molecule has 0 radical (unpaired) electrons. The van der Waals surface area contributed by atoms with Gasteiger partial charge >= 0.3 is 0 Å². The molecule has 1 nitrogen and oxygen atoms in total. The van der Waals surface area contributed by atoms with Gasteiger partial charge in [0.05, 0.1) is 0 Å². The van der Waals surface area contributed by atoms with E-state index in [1.807, 2.05) is 0 Å². The van der Waals surface area contributed by atoms with Gasteiger partial charge in [-0.25, -0.2) is 0 Å². The second-order valence-corrected chi connectivity index (χ2v) is 5.92. The normalized spacial score (nSPS) is 28.6. The summed E-state index contributed by atoms with van der Waals surface area (Å²) in [4.78, 5) is 2.72. The first kappa shape index (κ1) is 12.0. The summed E-state index contributed by atoms with van der Waals surface area (Å²) in [5, 5.41) is 0. The standard InChI is InChI=1S/C17H23N/c1-14-9-10-16-8-5-11-18(17(16)12-14)13-15-6-3-2-4-7-15/h2-4,6-7,9,16-17H,5,8,10-13H2,1H3/t16-,17-/m1/s1. The average molecular weight is 241 g/mol. The van der Waals surface area contributed by atoms with E-state index in [0.717, 1.165) is 18.5 Å². The molecule has 0 saturated carbocycles. The Kier molecular flexibility index (Phi) is 3.51. The second kappa shape index (κ2) is 5.27. The van der Waals surface area contributed by atoms with Gasteiger partial charge in [-0.15, -0.1) is 0 Å². The molecule has 1 heteroatoms. The van der Waals surface area contributed by atoms with Gasteiger partial charge in [0.2, 0.25) is 0 Å². The highest BCUT2D eigenvalue weighted by Gasteiger charge is 2.32. The molecule has 0 aromatic heterocycles. The SMILES string of the molecule is CC1=CC[C@H]2CCCN(Cc3ccccc3)[C@@H]2C1. The lowest BCUT2D eigenvalue weighted by Gasteiger charge is -2.43. The van der Waals surface area contributed by atoms with E-state index < -0.39 is 0 Å². The summed E-state index contributed by atoms with van der Waals surface area (Å²) in [6, 6.07) is 11.7. The Bertz CT molecular complexity index is 420. The summed E-state index contributed by atoms with van der Waals surface area (Å²) in [5.41, 5.74) is 3.06. The quantitative estimate of drug-likeness (QED) is 0.707. The van der Waals surface area contributed by atoms with Gasteiger partial charge < -0.3 is 0 Å². The Morgan fingerprint density at radius 3 is 2.89 bits per heavy atom. The van der Waals surface area contributed by atoms with E-state index in [0.29, 0.717) is 0 Å². The molecule has 0 spiro atoms. The van der Waals surface area contributed by atoms with Crippen LogP contribution in [0.1, 0.15) is 38.2 Å². The molecule has 96 valence electrons. The number of hydrogen-bond donors (Lipinski definition) is 0. The van der Waals surface area contributed by atoms with E-state index in [1.54, 1.807) is 5.57 Å². The molecule has 3 rings (SSSR count). The van der Waals surface area contributed by atoms with Crippen molar-refractivity contribution in [1.82, 2.24) is 4.90 Å². The lowest BCUT2D eigenvalue weighted by atomic mass is 9.79. The number of allylic oxidation sites excluding steroid dienone is 1. The highest BCUT2D eigenvalue weighted by Crippen LogP contribution is 2.35. The van der Waals surface area contributed by atoms with Gasteiger partial charge in [-0.1, -0.05) is 42.0 Å². The van der Waals surface area contributed by atoms with Crippen molar-refractivity contribution in [3.63, 3.8) is 0 Å². The van der Waals surface area contributed by atoms with E-state index >= 15 is 0 Å². The third-order valence-corrected chi connectivity index (χ3v) is 4.56. The molecule has 18 heavy (non-hydrogen) atoms. The zero-order valence-corrected chi connectivity index (χ0v) is 11.3. The van der Waals surface area contributed by atoms with E-state index in [-0.39, 0.29) is 0 Å². The minimum absolute atomic E-state index is 0.795. The Labute approximate surface area is 111 Å². The zero-order chi connectivity index (χ0) is 12.4. The van der Waals surface area contributed by atoms with Gasteiger partial charge in [-0.2, -0.15) is 0 Å². The van der Waals surface area contributed by atoms with Crippen molar-refractivity contribution in [1.29, 1.82) is 0 Å². The highest BCUT2D eigenvalue weighted by atomic mass is 15.2. The second-order valence-electron chi connectivity index (χ2n) is 5.92. The fourth-order valence-electron chi connectivity index (χ4n) is 3.56. The Hall–Kier alpha value is -1.08. The van der Waals surface area contributed by atoms with Crippen LogP contribution in [0, 0.1) is 5.92 Å². The van der Waals surface area contributed by atoms with E-state index in [9.17, 15) is 0 Å². The first-order valence-electron chi connectivity index (χ1n) is 7.26. The minimum Gasteiger partial charge on any atom is -0.296 e. The van der Waals surface area contributed by atoms with E-state index in [2.05, 4.69) is 48.2 Å². The summed E-state index contributed by atoms with van der Waals surface area (Å²) in [7, 11) is 0. The summed E-state index contributed by atoms with van der Waals surface area (Å²) in [5.74, 6) is 0.908. The molecule has 2 aliphatic rings. The van der Waals surface area contributed by atoms with Crippen LogP contribution in [0.15, 0.2) is 42.0 Å². The summed E-state index contributed by atoms with van der Waals surface area (Å²) >= 11 is 0. The maximum atomic E-state index is 2.72. The fraction of sp³-hybridized carbons (Fsp3) is 0.529. The van der Waals surface area contributed by atoms with Gasteiger partial charge in [0, 0.05) is 12.6 Å². The minimum atomic E-state index is 0.795. The third kappa shape index (κ3) is 2.51. The summed E-state index contributed by atoms with van der Waals surface area (Å²) < 4.78 is 0. The van der Waals surface area contributed by atoms with Crippen molar-refractivity contribution in [3.05, 3.63) is 47.5 Å². The van der Waals surface area contributed by atoms with Crippen LogP contribution in [0.2, 0.25) is 0 Å². The number of nitrogens with zero attached hydrogens (tertiary/aromatic N) is 1. The van der Waals surface area contributed by atoms with Gasteiger partial charge in [-0.3, -0.25) is 4.90 Å². The van der Waals surface area contributed by atoms with Crippen molar-refractivity contribution in [2.45, 2.75) is 45.2 Å². The predicted octanol–water partition coefficient (Wildman–Crippen LogP) is 4.01. The van der Waals surface area contributed by atoms with Gasteiger partial charge in [0.15, 0.2) is 0 Å². The van der Waals surface area contributed by atoms with Gasteiger partial charge in [-0.05, 0) is 50.6 Å². The molecule has 0 N–H and O–H groups in total. The maximum absolute atomic E-state index is 2.72. The van der Waals surface area contributed by atoms with Crippen LogP contribution in [-0.4, -0.2) is 17.5 Å². The van der Waals surface area contributed by atoms with Crippen LogP contribution < -0.4 is 0 Å². The van der Waals surface area contributed by atoms with Crippen molar-refractivity contribution in [2.24, 2.45) is 5.92 Å². The smallest absolute Gasteiger partial charge is 0.0236 e. The van der Waals surface area contributed by atoms with Crippen molar-refractivity contribution in [2.75, 3.05) is 6.54 Å². The Morgan fingerprint density at radius 1 is 1.22 bits per heavy atom. The van der Waals surface area contributed by atoms with Crippen molar-refractivity contribution >= 4 is 0 Å². The molecule has 2 atom stereocenters. The number of piperidine rings is 1. The molecule has 1 aromatic carbocycles. The van der Waals surface area contributed by atoms with Crippen LogP contribution >= 0.6 is 0 Å². The first-order chi connectivity index (χ1) is 8.83. The van der Waals surface area contributed by atoms with Crippen LogP contribution in [0.4, 0.5) is 0 Å². The molecule has 1 aromatic rings. The number of likely N-dealkylation sites (tertiary alicyclic amines) is 1. The number of hydrogen-bond acceptors (Lipinski definition) is 1. The van der Waals surface area contributed by atoms with Gasteiger partial charge in [0.1, 0.15) is 0 Å². The summed E-state index contributed by atoms with van der Waals surface area (Å²) in [6.07, 6.45) is 7.87. The predicted molar refractivity (Wildman–Crippen MR) is 76.4 cm³/mol. The van der Waals surface area contributed by atoms with Crippen molar-refractivity contribution in [3.8, 4) is 0 Å². The fourth-order valence-corrected chi connectivity index (χ4v) is 3.56.